The molecule has 1 aliphatic heterocycles. The van der Waals surface area contributed by atoms with Gasteiger partial charge >= 0.3 is 0 Å². The fraction of sp³-hybridized carbons (Fsp3) is 0.600. The van der Waals surface area contributed by atoms with Gasteiger partial charge in [-0.05, 0) is 5.41 Å². The summed E-state index contributed by atoms with van der Waals surface area (Å²) in [6, 6.07) is -0.904. The van der Waals surface area contributed by atoms with Crippen LogP contribution in [0.5, 0.6) is 0 Å². The molecule has 1 aromatic carbocycles. The lowest BCUT2D eigenvalue weighted by Crippen LogP contribution is -2.49. The van der Waals surface area contributed by atoms with Gasteiger partial charge in [0.2, 0.25) is 5.82 Å². The first-order valence-corrected chi connectivity index (χ1v) is 7.12. The van der Waals surface area contributed by atoms with E-state index in [-0.39, 0.29) is 12.4 Å². The van der Waals surface area contributed by atoms with Gasteiger partial charge in [-0.3, -0.25) is 4.90 Å². The van der Waals surface area contributed by atoms with Gasteiger partial charge < -0.3 is 5.32 Å². The number of nitrogens with one attached hydrogen (secondary N) is 1. The first-order valence-electron chi connectivity index (χ1n) is 7.12. The SMILES string of the molecule is CC(C)(C)[C@H](c1c(F)c(F)c(F)c(F)c1F)N1CCNCC1.Cl. The summed E-state index contributed by atoms with van der Waals surface area (Å²) in [5.41, 5.74) is -1.44. The second kappa shape index (κ2) is 7.32. The monoisotopic (exact) mass is 358 g/mol. The van der Waals surface area contributed by atoms with Crippen molar-refractivity contribution in [3.8, 4) is 0 Å². The number of rotatable bonds is 2. The third-order valence-electron chi connectivity index (χ3n) is 3.85. The zero-order valence-electron chi connectivity index (χ0n) is 13.2. The largest absolute Gasteiger partial charge is 0.314 e. The van der Waals surface area contributed by atoms with Crippen LogP contribution in [0.3, 0.4) is 0 Å². The minimum atomic E-state index is -2.12. The molecule has 2 rings (SSSR count). The van der Waals surface area contributed by atoms with Gasteiger partial charge in [0.25, 0.3) is 0 Å². The maximum Gasteiger partial charge on any atom is 0.200 e. The molecular weight excluding hydrogens is 339 g/mol. The van der Waals surface area contributed by atoms with Crippen molar-refractivity contribution < 1.29 is 22.0 Å². The zero-order chi connectivity index (χ0) is 16.7. The van der Waals surface area contributed by atoms with Crippen LogP contribution in [0.25, 0.3) is 0 Å². The second-order valence-corrected chi connectivity index (χ2v) is 6.54. The summed E-state index contributed by atoms with van der Waals surface area (Å²) in [6.45, 7) is 7.31. The van der Waals surface area contributed by atoms with Gasteiger partial charge in [-0.2, -0.15) is 0 Å². The third-order valence-corrected chi connectivity index (χ3v) is 3.85. The molecule has 23 heavy (non-hydrogen) atoms. The van der Waals surface area contributed by atoms with Gasteiger partial charge in [-0.1, -0.05) is 20.8 Å². The first kappa shape index (κ1) is 20.1. The van der Waals surface area contributed by atoms with E-state index >= 15 is 0 Å². The van der Waals surface area contributed by atoms with E-state index in [1.165, 1.54) is 0 Å². The maximum atomic E-state index is 14.2. The molecule has 0 radical (unpaired) electrons. The van der Waals surface area contributed by atoms with Crippen molar-refractivity contribution >= 4 is 12.4 Å². The van der Waals surface area contributed by atoms with Gasteiger partial charge in [-0.15, -0.1) is 12.4 Å². The van der Waals surface area contributed by atoms with E-state index in [9.17, 15) is 22.0 Å². The van der Waals surface area contributed by atoms with E-state index < -0.39 is 46.1 Å². The smallest absolute Gasteiger partial charge is 0.200 e. The standard InChI is InChI=1S/C15H19F5N2.ClH/c1-15(2,3)14(22-6-4-21-5-7-22)8-9(16)11(18)13(20)12(19)10(8)17;/h14,21H,4-7H2,1-3H3;1H/t14-;/m0./s1. The third kappa shape index (κ3) is 3.78. The minimum absolute atomic E-state index is 0. The molecule has 1 aromatic rings. The number of piperazine rings is 1. The predicted octanol–water partition coefficient (Wildman–Crippen LogP) is 3.80. The van der Waals surface area contributed by atoms with E-state index in [1.54, 1.807) is 25.7 Å². The topological polar surface area (TPSA) is 15.3 Å². The molecule has 0 aromatic heterocycles. The van der Waals surface area contributed by atoms with Crippen LogP contribution < -0.4 is 5.32 Å². The number of nitrogens with zero attached hydrogens (tertiary/aromatic N) is 1. The van der Waals surface area contributed by atoms with E-state index in [2.05, 4.69) is 5.32 Å². The lowest BCUT2D eigenvalue weighted by Gasteiger charge is -2.42. The fourth-order valence-corrected chi connectivity index (χ4v) is 2.97. The summed E-state index contributed by atoms with van der Waals surface area (Å²) < 4.78 is 68.7. The van der Waals surface area contributed by atoms with E-state index in [0.29, 0.717) is 26.2 Å². The highest BCUT2D eigenvalue weighted by molar-refractivity contribution is 5.85. The molecule has 0 aliphatic carbocycles. The molecule has 2 nitrogen and oxygen atoms in total. The predicted molar refractivity (Wildman–Crippen MR) is 80.1 cm³/mol. The highest BCUT2D eigenvalue weighted by Crippen LogP contribution is 2.41. The fourth-order valence-electron chi connectivity index (χ4n) is 2.97. The van der Waals surface area contributed by atoms with Crippen molar-refractivity contribution in [1.82, 2.24) is 10.2 Å². The Labute approximate surface area is 138 Å². The number of hydrogen-bond acceptors (Lipinski definition) is 2. The molecule has 0 amide bonds. The number of hydrogen-bond donors (Lipinski definition) is 1. The summed E-state index contributed by atoms with van der Waals surface area (Å²) in [6.07, 6.45) is 0. The quantitative estimate of drug-likeness (QED) is 0.491. The van der Waals surface area contributed by atoms with Gasteiger partial charge in [-0.25, -0.2) is 22.0 Å². The average molecular weight is 359 g/mol. The van der Waals surface area contributed by atoms with Crippen LogP contribution in [0, 0.1) is 34.5 Å². The lowest BCUT2D eigenvalue weighted by molar-refractivity contribution is 0.0786. The molecule has 1 heterocycles. The van der Waals surface area contributed by atoms with Crippen LogP contribution >= 0.6 is 12.4 Å². The summed E-state index contributed by atoms with van der Waals surface area (Å²) in [4.78, 5) is 1.76. The van der Waals surface area contributed by atoms with Gasteiger partial charge in [0.15, 0.2) is 23.3 Å². The Kier molecular flexibility index (Phi) is 6.40. The van der Waals surface area contributed by atoms with E-state index in [0.717, 1.165) is 0 Å². The molecule has 1 saturated heterocycles. The van der Waals surface area contributed by atoms with E-state index in [4.69, 9.17) is 0 Å². The molecular formula is C15H20ClF5N2. The van der Waals surface area contributed by atoms with Crippen molar-refractivity contribution in [2.45, 2.75) is 26.8 Å². The Hall–Kier alpha value is -0.920. The van der Waals surface area contributed by atoms with Crippen molar-refractivity contribution in [2.24, 2.45) is 5.41 Å². The number of benzene rings is 1. The summed E-state index contributed by atoms with van der Waals surface area (Å²) in [7, 11) is 0. The summed E-state index contributed by atoms with van der Waals surface area (Å²) >= 11 is 0. The van der Waals surface area contributed by atoms with E-state index in [1.807, 2.05) is 0 Å². The second-order valence-electron chi connectivity index (χ2n) is 6.54. The Balaban J connectivity index is 0.00000264. The molecule has 0 saturated carbocycles. The first-order chi connectivity index (χ1) is 10.2. The maximum absolute atomic E-state index is 14.2. The Morgan fingerprint density at radius 3 is 1.61 bits per heavy atom. The Morgan fingerprint density at radius 1 is 0.826 bits per heavy atom. The van der Waals surface area contributed by atoms with Crippen molar-refractivity contribution in [3.63, 3.8) is 0 Å². The van der Waals surface area contributed by atoms with Gasteiger partial charge in [0.1, 0.15) is 0 Å². The lowest BCUT2D eigenvalue weighted by atomic mass is 9.80. The Bertz CT molecular complexity index is 539. The molecule has 1 aliphatic rings. The van der Waals surface area contributed by atoms with Crippen LogP contribution in [-0.2, 0) is 0 Å². The van der Waals surface area contributed by atoms with Crippen molar-refractivity contribution in [1.29, 1.82) is 0 Å². The minimum Gasteiger partial charge on any atom is -0.314 e. The summed E-state index contributed by atoms with van der Waals surface area (Å²) in [5, 5.41) is 3.10. The molecule has 1 fully saturated rings. The average Bonchev–Trinajstić information content (AvgIpc) is 2.47. The molecule has 0 bridgehead atoms. The van der Waals surface area contributed by atoms with Crippen LogP contribution in [0.2, 0.25) is 0 Å². The molecule has 132 valence electrons. The van der Waals surface area contributed by atoms with Crippen LogP contribution in [0.1, 0.15) is 32.4 Å². The van der Waals surface area contributed by atoms with Crippen LogP contribution in [0.4, 0.5) is 22.0 Å². The Morgan fingerprint density at radius 2 is 1.22 bits per heavy atom. The van der Waals surface area contributed by atoms with Gasteiger partial charge in [0, 0.05) is 37.8 Å². The van der Waals surface area contributed by atoms with Crippen molar-refractivity contribution in [3.05, 3.63) is 34.6 Å². The normalized spacial score (nSPS) is 17.7. The molecule has 1 atom stereocenters. The van der Waals surface area contributed by atoms with Crippen molar-refractivity contribution in [2.75, 3.05) is 26.2 Å². The van der Waals surface area contributed by atoms with Crippen LogP contribution in [-0.4, -0.2) is 31.1 Å². The van der Waals surface area contributed by atoms with Crippen LogP contribution in [0.15, 0.2) is 0 Å². The molecule has 0 unspecified atom stereocenters. The number of halogens is 6. The summed E-state index contributed by atoms with van der Waals surface area (Å²) in [5.74, 6) is -9.38. The molecule has 1 N–H and O–H groups in total. The zero-order valence-corrected chi connectivity index (χ0v) is 14.0. The van der Waals surface area contributed by atoms with Gasteiger partial charge in [0.05, 0.1) is 0 Å². The highest BCUT2D eigenvalue weighted by Gasteiger charge is 2.39. The molecule has 8 heteroatoms. The highest BCUT2D eigenvalue weighted by atomic mass is 35.5. The molecule has 0 spiro atoms.